The van der Waals surface area contributed by atoms with Crippen LogP contribution in [0.25, 0.3) is 10.8 Å². The average molecular weight is 412 g/mol. The molecule has 1 atom stereocenters. The second kappa shape index (κ2) is 5.88. The lowest BCUT2D eigenvalue weighted by Gasteiger charge is -2.11. The molecule has 0 amide bonds. The van der Waals surface area contributed by atoms with E-state index in [-0.39, 0.29) is 4.83 Å². The first kappa shape index (κ1) is 14.1. The average Bonchev–Trinajstić information content (AvgIpc) is 2.91. The van der Waals surface area contributed by atoms with Crippen LogP contribution in [-0.4, -0.2) is 7.11 Å². The molecule has 1 nitrogen and oxygen atoms in total. The number of halogens is 2. The SMILES string of the molecule is COc1ccc2cc(C(Br)c3sccc3Br)ccc2c1. The van der Waals surface area contributed by atoms with E-state index in [2.05, 4.69) is 73.6 Å². The zero-order valence-corrected chi connectivity index (χ0v) is 14.8. The molecule has 0 aliphatic carbocycles. The monoisotopic (exact) mass is 410 g/mol. The maximum absolute atomic E-state index is 5.26. The van der Waals surface area contributed by atoms with E-state index in [0.29, 0.717) is 0 Å². The van der Waals surface area contributed by atoms with Crippen LogP contribution in [0.3, 0.4) is 0 Å². The molecule has 1 aromatic heterocycles. The minimum Gasteiger partial charge on any atom is -0.497 e. The number of hydrogen-bond acceptors (Lipinski definition) is 2. The maximum Gasteiger partial charge on any atom is 0.119 e. The molecule has 0 aliphatic rings. The normalized spacial score (nSPS) is 12.6. The molecule has 0 bridgehead atoms. The van der Waals surface area contributed by atoms with Crippen molar-refractivity contribution in [3.8, 4) is 5.75 Å². The Morgan fingerprint density at radius 2 is 1.80 bits per heavy atom. The third-order valence-corrected chi connectivity index (χ3v) is 6.46. The quantitative estimate of drug-likeness (QED) is 0.469. The van der Waals surface area contributed by atoms with Crippen LogP contribution in [0.5, 0.6) is 5.75 Å². The Labute approximate surface area is 138 Å². The summed E-state index contributed by atoms with van der Waals surface area (Å²) in [6.07, 6.45) is 0. The number of alkyl halides is 1. The molecule has 0 spiro atoms. The van der Waals surface area contributed by atoms with Crippen LogP contribution in [-0.2, 0) is 0 Å². The summed E-state index contributed by atoms with van der Waals surface area (Å²) in [5.74, 6) is 0.890. The van der Waals surface area contributed by atoms with E-state index in [1.54, 1.807) is 18.4 Å². The van der Waals surface area contributed by atoms with E-state index in [0.717, 1.165) is 10.2 Å². The molecule has 0 saturated carbocycles. The summed E-state index contributed by atoms with van der Waals surface area (Å²) in [7, 11) is 1.69. The molecule has 4 heteroatoms. The molecule has 0 fully saturated rings. The van der Waals surface area contributed by atoms with Gasteiger partial charge in [0.1, 0.15) is 5.75 Å². The van der Waals surface area contributed by atoms with Crippen molar-refractivity contribution in [3.05, 3.63) is 62.8 Å². The van der Waals surface area contributed by atoms with Crippen LogP contribution < -0.4 is 4.74 Å². The van der Waals surface area contributed by atoms with Crippen molar-refractivity contribution < 1.29 is 4.74 Å². The fourth-order valence-electron chi connectivity index (χ4n) is 2.16. The number of benzene rings is 2. The molecule has 2 aromatic carbocycles. The van der Waals surface area contributed by atoms with Gasteiger partial charge >= 0.3 is 0 Å². The van der Waals surface area contributed by atoms with Crippen molar-refractivity contribution in [2.45, 2.75) is 4.83 Å². The lowest BCUT2D eigenvalue weighted by molar-refractivity contribution is 0.415. The zero-order valence-electron chi connectivity index (χ0n) is 10.8. The molecule has 0 aliphatic heterocycles. The van der Waals surface area contributed by atoms with Crippen molar-refractivity contribution in [3.63, 3.8) is 0 Å². The fraction of sp³-hybridized carbons (Fsp3) is 0.125. The third kappa shape index (κ3) is 2.65. The molecule has 0 saturated heterocycles. The zero-order chi connectivity index (χ0) is 14.1. The summed E-state index contributed by atoms with van der Waals surface area (Å²) in [5.41, 5.74) is 1.26. The Bertz CT molecular complexity index is 751. The smallest absolute Gasteiger partial charge is 0.119 e. The Hall–Kier alpha value is -0.840. The number of fused-ring (bicyclic) bond motifs is 1. The standard InChI is InChI=1S/C16H12Br2OS/c1-19-13-5-4-10-8-12(3-2-11(10)9-13)15(18)16-14(17)6-7-20-16/h2-9,15H,1H3. The van der Waals surface area contributed by atoms with Crippen LogP contribution in [0.4, 0.5) is 0 Å². The molecule has 0 radical (unpaired) electrons. The predicted molar refractivity (Wildman–Crippen MR) is 93.3 cm³/mol. The number of thiophene rings is 1. The van der Waals surface area contributed by atoms with Crippen LogP contribution in [0.1, 0.15) is 15.3 Å². The molecular weight excluding hydrogens is 400 g/mol. The van der Waals surface area contributed by atoms with Gasteiger partial charge in [0.2, 0.25) is 0 Å². The third-order valence-electron chi connectivity index (χ3n) is 3.24. The van der Waals surface area contributed by atoms with Crippen molar-refractivity contribution in [1.29, 1.82) is 0 Å². The van der Waals surface area contributed by atoms with Gasteiger partial charge in [-0.3, -0.25) is 0 Å². The Balaban J connectivity index is 2.03. The van der Waals surface area contributed by atoms with Crippen molar-refractivity contribution in [2.75, 3.05) is 7.11 Å². The van der Waals surface area contributed by atoms with Crippen LogP contribution in [0.15, 0.2) is 52.3 Å². The minimum absolute atomic E-state index is 0.211. The number of ether oxygens (including phenoxy) is 1. The van der Waals surface area contributed by atoms with Gasteiger partial charge in [0.15, 0.2) is 0 Å². The van der Waals surface area contributed by atoms with Gasteiger partial charge in [-0.1, -0.05) is 34.1 Å². The van der Waals surface area contributed by atoms with Crippen molar-refractivity contribution in [1.82, 2.24) is 0 Å². The number of hydrogen-bond donors (Lipinski definition) is 0. The summed E-state index contributed by atoms with van der Waals surface area (Å²) < 4.78 is 6.41. The summed E-state index contributed by atoms with van der Waals surface area (Å²) in [5, 5.41) is 4.51. The summed E-state index contributed by atoms with van der Waals surface area (Å²) in [6.45, 7) is 0. The summed E-state index contributed by atoms with van der Waals surface area (Å²) in [6, 6.07) is 14.8. The van der Waals surface area contributed by atoms with Gasteiger partial charge < -0.3 is 4.74 Å². The summed E-state index contributed by atoms with van der Waals surface area (Å²) >= 11 is 9.14. The first-order chi connectivity index (χ1) is 9.69. The Morgan fingerprint density at radius 1 is 1.05 bits per heavy atom. The predicted octanol–water partition coefficient (Wildman–Crippen LogP) is 6.16. The number of methoxy groups -OCH3 is 1. The topological polar surface area (TPSA) is 9.23 Å². The van der Waals surface area contributed by atoms with Crippen LogP contribution in [0.2, 0.25) is 0 Å². The van der Waals surface area contributed by atoms with Gasteiger partial charge in [0.05, 0.1) is 11.9 Å². The van der Waals surface area contributed by atoms with Gasteiger partial charge in [-0.2, -0.15) is 0 Å². The lowest BCUT2D eigenvalue weighted by Crippen LogP contribution is -1.91. The molecule has 3 aromatic rings. The lowest BCUT2D eigenvalue weighted by atomic mass is 10.0. The van der Waals surface area contributed by atoms with E-state index >= 15 is 0 Å². The maximum atomic E-state index is 5.26. The van der Waals surface area contributed by atoms with Crippen LogP contribution in [0, 0.1) is 0 Å². The Kier molecular flexibility index (Phi) is 4.15. The van der Waals surface area contributed by atoms with Gasteiger partial charge in [0.25, 0.3) is 0 Å². The first-order valence-corrected chi connectivity index (χ1v) is 8.72. The fourth-order valence-corrected chi connectivity index (χ4v) is 4.93. The van der Waals surface area contributed by atoms with E-state index in [4.69, 9.17) is 4.74 Å². The highest BCUT2D eigenvalue weighted by molar-refractivity contribution is 9.11. The van der Waals surface area contributed by atoms with E-state index in [1.807, 2.05) is 6.07 Å². The van der Waals surface area contributed by atoms with E-state index < -0.39 is 0 Å². The minimum atomic E-state index is 0.211. The second-order valence-electron chi connectivity index (χ2n) is 4.47. The molecule has 1 heterocycles. The molecule has 3 rings (SSSR count). The Morgan fingerprint density at radius 3 is 2.50 bits per heavy atom. The van der Waals surface area contributed by atoms with Crippen molar-refractivity contribution in [2.24, 2.45) is 0 Å². The highest BCUT2D eigenvalue weighted by Gasteiger charge is 2.15. The molecular formula is C16H12Br2OS. The number of rotatable bonds is 3. The second-order valence-corrected chi connectivity index (χ2v) is 7.19. The first-order valence-electron chi connectivity index (χ1n) is 6.13. The largest absolute Gasteiger partial charge is 0.497 e. The van der Waals surface area contributed by atoms with Crippen molar-refractivity contribution >= 4 is 54.0 Å². The van der Waals surface area contributed by atoms with Crippen LogP contribution >= 0.6 is 43.2 Å². The van der Waals surface area contributed by atoms with Gasteiger partial charge in [0, 0.05) is 9.35 Å². The van der Waals surface area contributed by atoms with E-state index in [1.165, 1.54) is 21.2 Å². The molecule has 102 valence electrons. The highest BCUT2D eigenvalue weighted by Crippen LogP contribution is 2.39. The van der Waals surface area contributed by atoms with E-state index in [9.17, 15) is 0 Å². The highest BCUT2D eigenvalue weighted by atomic mass is 79.9. The molecule has 1 unspecified atom stereocenters. The molecule has 20 heavy (non-hydrogen) atoms. The molecule has 0 N–H and O–H groups in total. The van der Waals surface area contributed by atoms with Gasteiger partial charge in [-0.05, 0) is 61.9 Å². The summed E-state index contributed by atoms with van der Waals surface area (Å²) in [4.78, 5) is 1.50. The van der Waals surface area contributed by atoms with Gasteiger partial charge in [-0.15, -0.1) is 11.3 Å². The van der Waals surface area contributed by atoms with Gasteiger partial charge in [-0.25, -0.2) is 0 Å².